The van der Waals surface area contributed by atoms with E-state index in [0.29, 0.717) is 22.9 Å². The summed E-state index contributed by atoms with van der Waals surface area (Å²) in [6, 6.07) is 10.7. The Hall–Kier alpha value is -3.02. The van der Waals surface area contributed by atoms with Crippen molar-refractivity contribution in [3.8, 4) is 11.5 Å². The maximum atomic E-state index is 12.2. The zero-order valence-corrected chi connectivity index (χ0v) is 13.5. The van der Waals surface area contributed by atoms with E-state index in [1.54, 1.807) is 18.2 Å². The fraction of sp³-hybridized carbons (Fsp3) is 0.222. The molecule has 3 rings (SSSR count). The van der Waals surface area contributed by atoms with E-state index in [4.69, 9.17) is 9.47 Å². The van der Waals surface area contributed by atoms with Crippen LogP contribution in [-0.4, -0.2) is 18.6 Å². The van der Waals surface area contributed by atoms with Crippen LogP contribution in [0.25, 0.3) is 0 Å². The molecular formula is C18H18N2O4. The second kappa shape index (κ2) is 6.62. The molecule has 0 fully saturated rings. The average molecular weight is 326 g/mol. The van der Waals surface area contributed by atoms with Gasteiger partial charge in [0.25, 0.3) is 0 Å². The highest BCUT2D eigenvalue weighted by molar-refractivity contribution is 6.43. The van der Waals surface area contributed by atoms with E-state index in [2.05, 4.69) is 10.6 Å². The molecule has 124 valence electrons. The Kier molecular flexibility index (Phi) is 4.37. The Morgan fingerprint density at radius 3 is 2.58 bits per heavy atom. The predicted octanol–water partition coefficient (Wildman–Crippen LogP) is 2.86. The van der Waals surface area contributed by atoms with Crippen molar-refractivity contribution in [3.63, 3.8) is 0 Å². The van der Waals surface area contributed by atoms with Crippen LogP contribution in [0.3, 0.4) is 0 Å². The lowest BCUT2D eigenvalue weighted by Crippen LogP contribution is -2.29. The van der Waals surface area contributed by atoms with Crippen LogP contribution in [0, 0.1) is 6.92 Å². The van der Waals surface area contributed by atoms with Gasteiger partial charge in [0, 0.05) is 17.4 Å². The van der Waals surface area contributed by atoms with Crippen LogP contribution in [0.4, 0.5) is 11.4 Å². The summed E-state index contributed by atoms with van der Waals surface area (Å²) in [6.45, 7) is 4.04. The van der Waals surface area contributed by atoms with Crippen LogP contribution in [0.2, 0.25) is 0 Å². The van der Waals surface area contributed by atoms with Gasteiger partial charge in [-0.3, -0.25) is 9.59 Å². The van der Waals surface area contributed by atoms with E-state index in [0.717, 1.165) is 17.5 Å². The van der Waals surface area contributed by atoms with E-state index >= 15 is 0 Å². The lowest BCUT2D eigenvalue weighted by molar-refractivity contribution is -0.133. The first-order valence-corrected chi connectivity index (χ1v) is 7.69. The summed E-state index contributed by atoms with van der Waals surface area (Å²) in [5.41, 5.74) is 3.06. The monoisotopic (exact) mass is 326 g/mol. The van der Waals surface area contributed by atoms with Gasteiger partial charge in [-0.05, 0) is 36.6 Å². The minimum Gasteiger partial charge on any atom is -0.454 e. The maximum Gasteiger partial charge on any atom is 0.314 e. The van der Waals surface area contributed by atoms with Gasteiger partial charge in [0.15, 0.2) is 11.5 Å². The zero-order chi connectivity index (χ0) is 17.1. The average Bonchev–Trinajstić information content (AvgIpc) is 3.04. The third kappa shape index (κ3) is 3.17. The van der Waals surface area contributed by atoms with Gasteiger partial charge in [-0.2, -0.15) is 0 Å². The molecule has 2 N–H and O–H groups in total. The summed E-state index contributed by atoms with van der Waals surface area (Å²) in [7, 11) is 0. The first-order valence-electron chi connectivity index (χ1n) is 7.69. The van der Waals surface area contributed by atoms with E-state index in [1.807, 2.05) is 32.0 Å². The molecule has 1 heterocycles. The van der Waals surface area contributed by atoms with Crippen molar-refractivity contribution in [1.82, 2.24) is 0 Å². The fourth-order valence-corrected chi connectivity index (χ4v) is 2.53. The molecule has 6 heteroatoms. The van der Waals surface area contributed by atoms with Crippen LogP contribution in [0.5, 0.6) is 11.5 Å². The van der Waals surface area contributed by atoms with Gasteiger partial charge in [0.2, 0.25) is 6.79 Å². The first kappa shape index (κ1) is 15.9. The normalized spacial score (nSPS) is 11.9. The van der Waals surface area contributed by atoms with E-state index < -0.39 is 11.8 Å². The molecule has 6 nitrogen and oxygen atoms in total. The molecule has 0 saturated heterocycles. The number of nitrogens with one attached hydrogen (secondary N) is 2. The minimum absolute atomic E-state index is 0.153. The largest absolute Gasteiger partial charge is 0.454 e. The van der Waals surface area contributed by atoms with E-state index in [1.165, 1.54) is 0 Å². The SMILES string of the molecule is CCc1cccc(C)c1NC(=O)C(=O)Nc1ccc2c(c1)OCO2. The van der Waals surface area contributed by atoms with Crippen LogP contribution >= 0.6 is 0 Å². The smallest absolute Gasteiger partial charge is 0.314 e. The molecule has 0 aliphatic carbocycles. The van der Waals surface area contributed by atoms with Gasteiger partial charge in [0.1, 0.15) is 0 Å². The second-order valence-corrected chi connectivity index (χ2v) is 5.44. The Balaban J connectivity index is 1.71. The molecule has 0 bridgehead atoms. The van der Waals surface area contributed by atoms with Gasteiger partial charge in [-0.15, -0.1) is 0 Å². The number of carbonyl (C=O) groups is 2. The summed E-state index contributed by atoms with van der Waals surface area (Å²) in [4.78, 5) is 24.3. The molecular weight excluding hydrogens is 308 g/mol. The summed E-state index contributed by atoms with van der Waals surface area (Å²) in [5.74, 6) is -0.291. The van der Waals surface area contributed by atoms with Crippen molar-refractivity contribution in [1.29, 1.82) is 0 Å². The highest BCUT2D eigenvalue weighted by Crippen LogP contribution is 2.34. The van der Waals surface area contributed by atoms with Crippen molar-refractivity contribution in [3.05, 3.63) is 47.5 Å². The highest BCUT2D eigenvalue weighted by atomic mass is 16.7. The Morgan fingerprint density at radius 1 is 1.04 bits per heavy atom. The second-order valence-electron chi connectivity index (χ2n) is 5.44. The number of hydrogen-bond donors (Lipinski definition) is 2. The van der Waals surface area contributed by atoms with Gasteiger partial charge < -0.3 is 20.1 Å². The Bertz CT molecular complexity index is 802. The van der Waals surface area contributed by atoms with Crippen LogP contribution < -0.4 is 20.1 Å². The third-order valence-corrected chi connectivity index (χ3v) is 3.82. The fourth-order valence-electron chi connectivity index (χ4n) is 2.53. The van der Waals surface area contributed by atoms with Crippen molar-refractivity contribution >= 4 is 23.2 Å². The summed E-state index contributed by atoms with van der Waals surface area (Å²) in [6.07, 6.45) is 0.765. The van der Waals surface area contributed by atoms with Gasteiger partial charge >= 0.3 is 11.8 Å². The molecule has 0 unspecified atom stereocenters. The summed E-state index contributed by atoms with van der Waals surface area (Å²) >= 11 is 0. The number of amides is 2. The maximum absolute atomic E-state index is 12.2. The van der Waals surface area contributed by atoms with Crippen molar-refractivity contribution in [2.75, 3.05) is 17.4 Å². The lowest BCUT2D eigenvalue weighted by Gasteiger charge is -2.13. The van der Waals surface area contributed by atoms with Crippen molar-refractivity contribution in [2.45, 2.75) is 20.3 Å². The molecule has 1 aliphatic rings. The molecule has 0 atom stereocenters. The molecule has 2 aromatic carbocycles. The summed E-state index contributed by atoms with van der Waals surface area (Å²) in [5, 5.41) is 5.26. The van der Waals surface area contributed by atoms with Crippen molar-refractivity contribution < 1.29 is 19.1 Å². The molecule has 0 radical (unpaired) electrons. The number of anilines is 2. The van der Waals surface area contributed by atoms with E-state index in [-0.39, 0.29) is 6.79 Å². The number of ether oxygens (including phenoxy) is 2. The van der Waals surface area contributed by atoms with Crippen LogP contribution in [0.1, 0.15) is 18.1 Å². The molecule has 2 amide bonds. The third-order valence-electron chi connectivity index (χ3n) is 3.82. The Morgan fingerprint density at radius 2 is 1.79 bits per heavy atom. The standard InChI is InChI=1S/C18H18N2O4/c1-3-12-6-4-5-11(2)16(12)20-18(22)17(21)19-13-7-8-14-15(9-13)24-10-23-14/h4-9H,3,10H2,1-2H3,(H,19,21)(H,20,22). The molecule has 24 heavy (non-hydrogen) atoms. The number of benzene rings is 2. The number of hydrogen-bond acceptors (Lipinski definition) is 4. The molecule has 0 saturated carbocycles. The van der Waals surface area contributed by atoms with E-state index in [9.17, 15) is 9.59 Å². The van der Waals surface area contributed by atoms with Crippen LogP contribution in [0.15, 0.2) is 36.4 Å². The number of para-hydroxylation sites is 1. The molecule has 0 spiro atoms. The minimum atomic E-state index is -0.737. The van der Waals surface area contributed by atoms with Gasteiger partial charge in [-0.1, -0.05) is 25.1 Å². The quantitative estimate of drug-likeness (QED) is 0.850. The van der Waals surface area contributed by atoms with Crippen LogP contribution in [-0.2, 0) is 16.0 Å². The van der Waals surface area contributed by atoms with Gasteiger partial charge in [-0.25, -0.2) is 0 Å². The number of rotatable bonds is 3. The first-order chi connectivity index (χ1) is 11.6. The van der Waals surface area contributed by atoms with Crippen molar-refractivity contribution in [2.24, 2.45) is 0 Å². The Labute approximate surface area is 139 Å². The van der Waals surface area contributed by atoms with Gasteiger partial charge in [0.05, 0.1) is 0 Å². The predicted molar refractivity (Wildman–Crippen MR) is 90.4 cm³/mol. The highest BCUT2D eigenvalue weighted by Gasteiger charge is 2.18. The topological polar surface area (TPSA) is 76.7 Å². The molecule has 2 aromatic rings. The lowest BCUT2D eigenvalue weighted by atomic mass is 10.1. The number of carbonyl (C=O) groups excluding carboxylic acids is 2. The number of fused-ring (bicyclic) bond motifs is 1. The zero-order valence-electron chi connectivity index (χ0n) is 13.5. The summed E-state index contributed by atoms with van der Waals surface area (Å²) < 4.78 is 10.5. The molecule has 0 aromatic heterocycles. The number of aryl methyl sites for hydroxylation is 2. The molecule has 1 aliphatic heterocycles.